The summed E-state index contributed by atoms with van der Waals surface area (Å²) >= 11 is 1.56. The fourth-order valence-electron chi connectivity index (χ4n) is 1.51. The predicted octanol–water partition coefficient (Wildman–Crippen LogP) is 3.39. The molecular formula is C13H18O3S. The Kier molecular flexibility index (Phi) is 5.35. The van der Waals surface area contributed by atoms with E-state index in [0.29, 0.717) is 11.7 Å². The van der Waals surface area contributed by atoms with E-state index in [4.69, 9.17) is 9.84 Å². The first-order valence-corrected chi connectivity index (χ1v) is 6.55. The molecule has 0 aliphatic carbocycles. The van der Waals surface area contributed by atoms with E-state index in [9.17, 15) is 4.79 Å². The van der Waals surface area contributed by atoms with Crippen molar-refractivity contribution in [2.75, 3.05) is 12.9 Å². The fourth-order valence-corrected chi connectivity index (χ4v) is 2.40. The second-order valence-electron chi connectivity index (χ2n) is 4.05. The van der Waals surface area contributed by atoms with Gasteiger partial charge in [-0.2, -0.15) is 0 Å². The molecule has 0 radical (unpaired) electrons. The summed E-state index contributed by atoms with van der Waals surface area (Å²) in [6, 6.07) is 5.99. The number of aliphatic carboxylic acids is 1. The van der Waals surface area contributed by atoms with E-state index < -0.39 is 5.97 Å². The lowest BCUT2D eigenvalue weighted by Gasteiger charge is -2.13. The molecule has 1 rings (SSSR count). The van der Waals surface area contributed by atoms with Crippen LogP contribution in [0.4, 0.5) is 0 Å². The van der Waals surface area contributed by atoms with Crippen molar-refractivity contribution in [2.24, 2.45) is 0 Å². The molecule has 0 spiro atoms. The van der Waals surface area contributed by atoms with Crippen LogP contribution in [0, 0.1) is 0 Å². The van der Waals surface area contributed by atoms with Crippen LogP contribution < -0.4 is 4.74 Å². The Labute approximate surface area is 106 Å². The highest BCUT2D eigenvalue weighted by Crippen LogP contribution is 2.31. The smallest absolute Gasteiger partial charge is 0.304 e. The summed E-state index contributed by atoms with van der Waals surface area (Å²) in [6.45, 7) is 4.23. The van der Waals surface area contributed by atoms with Crippen molar-refractivity contribution in [1.82, 2.24) is 0 Å². The topological polar surface area (TPSA) is 46.5 Å². The minimum Gasteiger partial charge on any atom is -0.496 e. The lowest BCUT2D eigenvalue weighted by atomic mass is 10.0. The van der Waals surface area contributed by atoms with Gasteiger partial charge in [0.2, 0.25) is 0 Å². The number of hydrogen-bond donors (Lipinski definition) is 1. The Hall–Kier alpha value is -1.16. The van der Waals surface area contributed by atoms with Gasteiger partial charge in [0.05, 0.1) is 13.5 Å². The van der Waals surface area contributed by atoms with Crippen molar-refractivity contribution in [2.45, 2.75) is 31.1 Å². The van der Waals surface area contributed by atoms with Gasteiger partial charge in [-0.3, -0.25) is 4.79 Å². The minimum absolute atomic E-state index is 0.188. The molecule has 0 atom stereocenters. The summed E-state index contributed by atoms with van der Waals surface area (Å²) in [6.07, 6.45) is 0.188. The molecule has 0 unspecified atom stereocenters. The largest absolute Gasteiger partial charge is 0.496 e. The number of rotatable bonds is 6. The van der Waals surface area contributed by atoms with Gasteiger partial charge in [0, 0.05) is 10.6 Å². The number of carboxylic acid groups (broad SMARTS) is 1. The lowest BCUT2D eigenvalue weighted by Crippen LogP contribution is -1.97. The van der Waals surface area contributed by atoms with Gasteiger partial charge in [-0.15, -0.1) is 11.8 Å². The molecule has 3 nitrogen and oxygen atoms in total. The van der Waals surface area contributed by atoms with Crippen LogP contribution >= 0.6 is 11.8 Å². The SMILES string of the molecule is COc1ccc(SCCC(=O)O)cc1C(C)C. The summed E-state index contributed by atoms with van der Waals surface area (Å²) < 4.78 is 5.30. The average Bonchev–Trinajstić information content (AvgIpc) is 2.28. The normalized spacial score (nSPS) is 10.6. The summed E-state index contributed by atoms with van der Waals surface area (Å²) in [5, 5.41) is 8.58. The van der Waals surface area contributed by atoms with Crippen LogP contribution in [-0.4, -0.2) is 23.9 Å². The zero-order valence-corrected chi connectivity index (χ0v) is 11.2. The van der Waals surface area contributed by atoms with Crippen molar-refractivity contribution in [3.05, 3.63) is 23.8 Å². The van der Waals surface area contributed by atoms with Gasteiger partial charge in [-0.25, -0.2) is 0 Å². The van der Waals surface area contributed by atoms with Crippen LogP contribution in [0.1, 0.15) is 31.7 Å². The van der Waals surface area contributed by atoms with Crippen LogP contribution in [0.3, 0.4) is 0 Å². The first kappa shape index (κ1) is 13.9. The third kappa shape index (κ3) is 4.30. The van der Waals surface area contributed by atoms with Gasteiger partial charge < -0.3 is 9.84 Å². The fraction of sp³-hybridized carbons (Fsp3) is 0.462. The Balaban J connectivity index is 2.74. The number of benzene rings is 1. The van der Waals surface area contributed by atoms with E-state index in [1.807, 2.05) is 12.1 Å². The van der Waals surface area contributed by atoms with Crippen LogP contribution in [-0.2, 0) is 4.79 Å². The molecule has 1 N–H and O–H groups in total. The van der Waals surface area contributed by atoms with Crippen molar-refractivity contribution in [1.29, 1.82) is 0 Å². The van der Waals surface area contributed by atoms with Crippen molar-refractivity contribution >= 4 is 17.7 Å². The molecule has 1 aromatic rings. The van der Waals surface area contributed by atoms with Crippen LogP contribution in [0.5, 0.6) is 5.75 Å². The van der Waals surface area contributed by atoms with Gasteiger partial charge in [0.25, 0.3) is 0 Å². The molecule has 0 saturated carbocycles. The highest BCUT2D eigenvalue weighted by Gasteiger charge is 2.08. The van der Waals surface area contributed by atoms with E-state index in [0.717, 1.165) is 16.2 Å². The Morgan fingerprint density at radius 3 is 2.71 bits per heavy atom. The first-order valence-electron chi connectivity index (χ1n) is 5.57. The number of methoxy groups -OCH3 is 1. The van der Waals surface area contributed by atoms with E-state index in [2.05, 4.69) is 19.9 Å². The van der Waals surface area contributed by atoms with Crippen molar-refractivity contribution in [3.8, 4) is 5.75 Å². The van der Waals surface area contributed by atoms with Gasteiger partial charge in [0.15, 0.2) is 0 Å². The second-order valence-corrected chi connectivity index (χ2v) is 5.22. The third-order valence-corrected chi connectivity index (χ3v) is 3.40. The quantitative estimate of drug-likeness (QED) is 0.790. The average molecular weight is 254 g/mol. The molecule has 0 amide bonds. The summed E-state index contributed by atoms with van der Waals surface area (Å²) in [5.74, 6) is 1.13. The number of carboxylic acids is 1. The Bertz CT molecular complexity index is 388. The predicted molar refractivity (Wildman–Crippen MR) is 70.1 cm³/mol. The molecule has 0 bridgehead atoms. The molecule has 94 valence electrons. The molecule has 17 heavy (non-hydrogen) atoms. The van der Waals surface area contributed by atoms with E-state index in [-0.39, 0.29) is 6.42 Å². The summed E-state index contributed by atoms with van der Waals surface area (Å²) in [4.78, 5) is 11.5. The molecule has 0 aliphatic rings. The highest BCUT2D eigenvalue weighted by molar-refractivity contribution is 7.99. The monoisotopic (exact) mass is 254 g/mol. The molecule has 0 fully saturated rings. The number of thioether (sulfide) groups is 1. The standard InChI is InChI=1S/C13H18O3S/c1-9(2)11-8-10(4-5-12(11)16-3)17-7-6-13(14)15/h4-5,8-9H,6-7H2,1-3H3,(H,14,15). The van der Waals surface area contributed by atoms with E-state index >= 15 is 0 Å². The summed E-state index contributed by atoms with van der Waals surface area (Å²) in [5.41, 5.74) is 1.16. The summed E-state index contributed by atoms with van der Waals surface area (Å²) in [7, 11) is 1.67. The van der Waals surface area contributed by atoms with Gasteiger partial charge in [-0.05, 0) is 29.7 Å². The van der Waals surface area contributed by atoms with E-state index in [1.165, 1.54) is 0 Å². The second kappa shape index (κ2) is 6.55. The molecule has 0 aliphatic heterocycles. The third-order valence-electron chi connectivity index (χ3n) is 2.41. The maximum atomic E-state index is 10.4. The molecular weight excluding hydrogens is 236 g/mol. The van der Waals surface area contributed by atoms with Crippen LogP contribution in [0.25, 0.3) is 0 Å². The molecule has 1 aromatic carbocycles. The Morgan fingerprint density at radius 2 is 2.18 bits per heavy atom. The van der Waals surface area contributed by atoms with Gasteiger partial charge in [-0.1, -0.05) is 13.8 Å². The van der Waals surface area contributed by atoms with Crippen molar-refractivity contribution in [3.63, 3.8) is 0 Å². The van der Waals surface area contributed by atoms with Gasteiger partial charge in [0.1, 0.15) is 5.75 Å². The lowest BCUT2D eigenvalue weighted by molar-refractivity contribution is -0.136. The number of hydrogen-bond acceptors (Lipinski definition) is 3. The highest BCUT2D eigenvalue weighted by atomic mass is 32.2. The molecule has 0 saturated heterocycles. The first-order chi connectivity index (χ1) is 8.04. The maximum absolute atomic E-state index is 10.4. The number of ether oxygens (including phenoxy) is 1. The van der Waals surface area contributed by atoms with Gasteiger partial charge >= 0.3 is 5.97 Å². The zero-order chi connectivity index (χ0) is 12.8. The maximum Gasteiger partial charge on any atom is 0.304 e. The van der Waals surface area contributed by atoms with Crippen LogP contribution in [0.2, 0.25) is 0 Å². The Morgan fingerprint density at radius 1 is 1.47 bits per heavy atom. The van der Waals surface area contributed by atoms with Crippen molar-refractivity contribution < 1.29 is 14.6 Å². The van der Waals surface area contributed by atoms with E-state index in [1.54, 1.807) is 18.9 Å². The number of carbonyl (C=O) groups is 1. The molecule has 4 heteroatoms. The molecule has 0 heterocycles. The minimum atomic E-state index is -0.755. The zero-order valence-electron chi connectivity index (χ0n) is 10.4. The molecule has 0 aromatic heterocycles. The van der Waals surface area contributed by atoms with Crippen LogP contribution in [0.15, 0.2) is 23.1 Å².